The highest BCUT2D eigenvalue weighted by atomic mass is 35.5. The quantitative estimate of drug-likeness (QED) is 0.680. The monoisotopic (exact) mass is 307 g/mol. The van der Waals surface area contributed by atoms with E-state index >= 15 is 0 Å². The molecule has 2 aromatic carbocycles. The van der Waals surface area contributed by atoms with Crippen LogP contribution in [0.5, 0.6) is 11.5 Å². The zero-order valence-corrected chi connectivity index (χ0v) is 11.6. The Bertz CT molecular complexity index is 729. The summed E-state index contributed by atoms with van der Waals surface area (Å²) in [7, 11) is 0. The number of nitrogens with zero attached hydrogens (tertiary/aromatic N) is 1. The molecular weight excluding hydrogens is 298 g/mol. The summed E-state index contributed by atoms with van der Waals surface area (Å²) in [6, 6.07) is 8.38. The van der Waals surface area contributed by atoms with Crippen molar-refractivity contribution < 1.29 is 19.6 Å². The van der Waals surface area contributed by atoms with Gasteiger partial charge in [0.2, 0.25) is 5.75 Å². The molecule has 0 aliphatic heterocycles. The molecule has 0 radical (unpaired) electrons. The van der Waals surface area contributed by atoms with E-state index in [-0.39, 0.29) is 27.8 Å². The first kappa shape index (κ1) is 14.8. The summed E-state index contributed by atoms with van der Waals surface area (Å²) in [6.07, 6.45) is 0. The number of nitro benzene ring substituents is 1. The number of benzene rings is 2. The van der Waals surface area contributed by atoms with Crippen LogP contribution in [0.4, 0.5) is 5.69 Å². The lowest BCUT2D eigenvalue weighted by Gasteiger charge is -2.10. The van der Waals surface area contributed by atoms with Crippen molar-refractivity contribution in [3.63, 3.8) is 0 Å². The van der Waals surface area contributed by atoms with E-state index < -0.39 is 10.9 Å². The zero-order chi connectivity index (χ0) is 15.6. The molecule has 6 nitrogen and oxygen atoms in total. The van der Waals surface area contributed by atoms with Gasteiger partial charge in [0.25, 0.3) is 0 Å². The lowest BCUT2D eigenvalue weighted by molar-refractivity contribution is -0.385. The maximum absolute atomic E-state index is 11.2. The van der Waals surface area contributed by atoms with E-state index in [2.05, 4.69) is 0 Å². The molecule has 0 amide bonds. The maximum atomic E-state index is 11.2. The Balaban J connectivity index is 2.50. The highest BCUT2D eigenvalue weighted by Gasteiger charge is 2.19. The topological polar surface area (TPSA) is 89.7 Å². The van der Waals surface area contributed by atoms with Crippen LogP contribution in [0.1, 0.15) is 15.9 Å². The second kappa shape index (κ2) is 5.80. The summed E-state index contributed by atoms with van der Waals surface area (Å²) in [4.78, 5) is 21.6. The van der Waals surface area contributed by atoms with Crippen LogP contribution < -0.4 is 4.74 Å². The molecule has 0 fully saturated rings. The fourth-order valence-corrected chi connectivity index (χ4v) is 1.90. The van der Waals surface area contributed by atoms with Gasteiger partial charge in [0.15, 0.2) is 0 Å². The number of carbonyl (C=O) groups is 1. The lowest BCUT2D eigenvalue weighted by atomic mass is 10.2. The molecule has 0 aliphatic rings. The molecule has 0 atom stereocenters. The third-order valence-electron chi connectivity index (χ3n) is 2.70. The number of hydrogen-bond acceptors (Lipinski definition) is 4. The number of aryl methyl sites for hydroxylation is 1. The van der Waals surface area contributed by atoms with Crippen LogP contribution in [0.2, 0.25) is 5.02 Å². The van der Waals surface area contributed by atoms with Gasteiger partial charge in [0.1, 0.15) is 11.3 Å². The van der Waals surface area contributed by atoms with Gasteiger partial charge in [-0.15, -0.1) is 0 Å². The predicted octanol–water partition coefficient (Wildman–Crippen LogP) is 4.05. The normalized spacial score (nSPS) is 10.2. The molecule has 7 heteroatoms. The Morgan fingerprint density at radius 3 is 2.57 bits per heavy atom. The second-order valence-electron chi connectivity index (χ2n) is 4.28. The third kappa shape index (κ3) is 3.29. The summed E-state index contributed by atoms with van der Waals surface area (Å²) < 4.78 is 5.42. The van der Waals surface area contributed by atoms with E-state index in [1.807, 2.05) is 0 Å². The van der Waals surface area contributed by atoms with Crippen molar-refractivity contribution in [3.8, 4) is 11.5 Å². The molecule has 0 aromatic heterocycles. The van der Waals surface area contributed by atoms with E-state index in [0.29, 0.717) is 0 Å². The maximum Gasteiger partial charge on any atom is 0.339 e. The van der Waals surface area contributed by atoms with Gasteiger partial charge >= 0.3 is 11.7 Å². The molecule has 21 heavy (non-hydrogen) atoms. The van der Waals surface area contributed by atoms with Crippen LogP contribution in [-0.2, 0) is 0 Å². The number of nitro groups is 1. The fourth-order valence-electron chi connectivity index (χ4n) is 1.73. The van der Waals surface area contributed by atoms with Crippen LogP contribution >= 0.6 is 11.6 Å². The molecule has 0 unspecified atom stereocenters. The Labute approximate surface area is 124 Å². The van der Waals surface area contributed by atoms with E-state index in [0.717, 1.165) is 5.56 Å². The predicted molar refractivity (Wildman–Crippen MR) is 76.3 cm³/mol. The molecule has 0 aliphatic carbocycles. The molecule has 0 heterocycles. The smallest absolute Gasteiger partial charge is 0.339 e. The molecule has 2 rings (SSSR count). The first-order chi connectivity index (χ1) is 9.88. The summed E-state index contributed by atoms with van der Waals surface area (Å²) in [5.41, 5.74) is 0.339. The van der Waals surface area contributed by atoms with E-state index in [1.54, 1.807) is 13.0 Å². The van der Waals surface area contributed by atoms with Crippen LogP contribution in [0.3, 0.4) is 0 Å². The van der Waals surface area contributed by atoms with Crippen molar-refractivity contribution in [1.29, 1.82) is 0 Å². The Hall–Kier alpha value is -2.60. The van der Waals surface area contributed by atoms with Crippen LogP contribution in [0.25, 0.3) is 0 Å². The standard InChI is InChI=1S/C14H10ClNO5/c1-8-2-4-11(16(19)20)13(6-8)21-12-5-3-9(15)7-10(12)14(17)18/h2-7H,1H3,(H,17,18). The number of aromatic carboxylic acids is 1. The number of halogens is 1. The van der Waals surface area contributed by atoms with E-state index in [4.69, 9.17) is 21.4 Å². The molecule has 0 saturated heterocycles. The number of rotatable bonds is 4. The van der Waals surface area contributed by atoms with Gasteiger partial charge in [-0.05, 0) is 36.8 Å². The lowest BCUT2D eigenvalue weighted by Crippen LogP contribution is -2.01. The zero-order valence-electron chi connectivity index (χ0n) is 10.9. The number of carboxylic acid groups (broad SMARTS) is 1. The largest absolute Gasteiger partial charge is 0.478 e. The molecule has 108 valence electrons. The third-order valence-corrected chi connectivity index (χ3v) is 2.94. The number of ether oxygens (including phenoxy) is 1. The summed E-state index contributed by atoms with van der Waals surface area (Å²) >= 11 is 5.74. The molecule has 2 aromatic rings. The first-order valence-electron chi connectivity index (χ1n) is 5.84. The van der Waals surface area contributed by atoms with E-state index in [9.17, 15) is 14.9 Å². The van der Waals surface area contributed by atoms with Crippen LogP contribution in [-0.4, -0.2) is 16.0 Å². The minimum atomic E-state index is -1.23. The SMILES string of the molecule is Cc1ccc([N+](=O)[O-])c(Oc2ccc(Cl)cc2C(=O)O)c1. The minimum absolute atomic E-state index is 0.0133. The fraction of sp³-hybridized carbons (Fsp3) is 0.0714. The summed E-state index contributed by atoms with van der Waals surface area (Å²) in [5.74, 6) is -1.27. The van der Waals surface area contributed by atoms with Gasteiger partial charge < -0.3 is 9.84 Å². The highest BCUT2D eigenvalue weighted by Crippen LogP contribution is 2.34. The molecule has 0 spiro atoms. The Kier molecular flexibility index (Phi) is 4.09. The average Bonchev–Trinajstić information content (AvgIpc) is 2.40. The van der Waals surface area contributed by atoms with Gasteiger partial charge in [0.05, 0.1) is 4.92 Å². The van der Waals surface area contributed by atoms with E-state index in [1.165, 1.54) is 30.3 Å². The van der Waals surface area contributed by atoms with Crippen molar-refractivity contribution in [2.24, 2.45) is 0 Å². The van der Waals surface area contributed by atoms with Crippen molar-refractivity contribution >= 4 is 23.3 Å². The van der Waals surface area contributed by atoms with Crippen molar-refractivity contribution in [2.45, 2.75) is 6.92 Å². The summed E-state index contributed by atoms with van der Waals surface area (Å²) in [6.45, 7) is 1.75. The van der Waals surface area contributed by atoms with Crippen molar-refractivity contribution in [3.05, 3.63) is 62.7 Å². The average molecular weight is 308 g/mol. The molecule has 1 N–H and O–H groups in total. The van der Waals surface area contributed by atoms with Crippen LogP contribution in [0.15, 0.2) is 36.4 Å². The van der Waals surface area contributed by atoms with Crippen LogP contribution in [0, 0.1) is 17.0 Å². The van der Waals surface area contributed by atoms with Crippen molar-refractivity contribution in [2.75, 3.05) is 0 Å². The Morgan fingerprint density at radius 1 is 1.24 bits per heavy atom. The highest BCUT2D eigenvalue weighted by molar-refractivity contribution is 6.31. The summed E-state index contributed by atoms with van der Waals surface area (Å²) in [5, 5.41) is 20.3. The second-order valence-corrected chi connectivity index (χ2v) is 4.71. The molecular formula is C14H10ClNO5. The van der Waals surface area contributed by atoms with Gasteiger partial charge in [-0.25, -0.2) is 4.79 Å². The van der Waals surface area contributed by atoms with Crippen molar-refractivity contribution in [1.82, 2.24) is 0 Å². The molecule has 0 saturated carbocycles. The minimum Gasteiger partial charge on any atom is -0.478 e. The van der Waals surface area contributed by atoms with Gasteiger partial charge in [-0.3, -0.25) is 10.1 Å². The van der Waals surface area contributed by atoms with Gasteiger partial charge in [-0.1, -0.05) is 17.7 Å². The molecule has 0 bridgehead atoms. The number of carboxylic acids is 1. The number of hydrogen-bond donors (Lipinski definition) is 1. The Morgan fingerprint density at radius 2 is 1.95 bits per heavy atom. The first-order valence-corrected chi connectivity index (χ1v) is 6.22. The van der Waals surface area contributed by atoms with Gasteiger partial charge in [-0.2, -0.15) is 0 Å². The van der Waals surface area contributed by atoms with Gasteiger partial charge in [0, 0.05) is 11.1 Å².